The number of hydrogen-bond donors (Lipinski definition) is 2. The van der Waals surface area contributed by atoms with E-state index in [4.69, 9.17) is 0 Å². The quantitative estimate of drug-likeness (QED) is 0.635. The number of hydrogen-bond acceptors (Lipinski definition) is 1. The van der Waals surface area contributed by atoms with Gasteiger partial charge in [0.1, 0.15) is 11.4 Å². The van der Waals surface area contributed by atoms with Crippen LogP contribution in [-0.4, -0.2) is 10.1 Å². The summed E-state index contributed by atoms with van der Waals surface area (Å²) >= 11 is 0. The van der Waals surface area contributed by atoms with Crippen LogP contribution in [0.1, 0.15) is 18.2 Å². The lowest BCUT2D eigenvalue weighted by Gasteiger charge is -2.11. The Morgan fingerprint density at radius 2 is 1.78 bits per heavy atom. The van der Waals surface area contributed by atoms with Gasteiger partial charge in [0.2, 0.25) is 0 Å². The second-order valence-electron chi connectivity index (χ2n) is 5.46. The van der Waals surface area contributed by atoms with Crippen molar-refractivity contribution in [1.29, 1.82) is 0 Å². The van der Waals surface area contributed by atoms with Crippen LogP contribution in [0.25, 0.3) is 27.6 Å². The fourth-order valence-electron chi connectivity index (χ4n) is 2.63. The first-order valence-electron chi connectivity index (χ1n) is 6.95. The fraction of sp³-hybridized carbons (Fsp3) is 0.111. The van der Waals surface area contributed by atoms with Crippen molar-refractivity contribution >= 4 is 16.5 Å². The van der Waals surface area contributed by atoms with Gasteiger partial charge in [-0.3, -0.25) is 0 Å². The van der Waals surface area contributed by atoms with Gasteiger partial charge in [-0.15, -0.1) is 0 Å². The molecular weight excluding hydrogens is 303 g/mol. The molecule has 0 aliphatic heterocycles. The number of halogens is 3. The number of fused-ring (bicyclic) bond motifs is 1. The van der Waals surface area contributed by atoms with E-state index in [1.165, 1.54) is 6.07 Å². The molecule has 0 fully saturated rings. The monoisotopic (exact) mass is 317 g/mol. The van der Waals surface area contributed by atoms with E-state index in [0.717, 1.165) is 22.8 Å². The zero-order chi connectivity index (χ0) is 16.8. The van der Waals surface area contributed by atoms with Gasteiger partial charge < -0.3 is 10.1 Å². The minimum Gasteiger partial charge on any atom is -0.507 e. The summed E-state index contributed by atoms with van der Waals surface area (Å²) in [6.45, 7) is 5.74. The van der Waals surface area contributed by atoms with Crippen LogP contribution in [0.15, 0.2) is 49.0 Å². The number of phenols is 1. The van der Waals surface area contributed by atoms with Crippen LogP contribution >= 0.6 is 0 Å². The van der Waals surface area contributed by atoms with Gasteiger partial charge in [0.15, 0.2) is 0 Å². The molecule has 23 heavy (non-hydrogen) atoms. The first kappa shape index (κ1) is 15.2. The summed E-state index contributed by atoms with van der Waals surface area (Å²) in [4.78, 5) is 2.29. The van der Waals surface area contributed by atoms with Gasteiger partial charge >= 0.3 is 6.18 Å². The zero-order valence-electron chi connectivity index (χ0n) is 12.3. The highest BCUT2D eigenvalue weighted by Crippen LogP contribution is 2.39. The summed E-state index contributed by atoms with van der Waals surface area (Å²) in [6.07, 6.45) is -4.45. The third-order valence-corrected chi connectivity index (χ3v) is 3.72. The summed E-state index contributed by atoms with van der Waals surface area (Å²) in [6, 6.07) is 11.2. The Kier molecular flexibility index (Phi) is 3.43. The molecule has 0 atom stereocenters. The Bertz CT molecular complexity index is 906. The minimum atomic E-state index is -4.45. The van der Waals surface area contributed by atoms with Crippen LogP contribution in [0.2, 0.25) is 0 Å². The van der Waals surface area contributed by atoms with Crippen molar-refractivity contribution < 1.29 is 18.3 Å². The average molecular weight is 317 g/mol. The van der Waals surface area contributed by atoms with Gasteiger partial charge in [-0.2, -0.15) is 13.2 Å². The standard InChI is InChI=1S/C18H14F3NO/c1-10(2)12-5-3-4-6-13(12)14-7-11-8-17(18(19,20)21)22-15(11)9-16(14)23/h3-9,22-23H,1H2,2H3. The van der Waals surface area contributed by atoms with E-state index < -0.39 is 11.9 Å². The molecule has 0 saturated heterocycles. The molecule has 3 aromatic rings. The molecule has 2 aromatic carbocycles. The van der Waals surface area contributed by atoms with E-state index in [1.807, 2.05) is 31.2 Å². The van der Waals surface area contributed by atoms with Crippen molar-refractivity contribution in [3.8, 4) is 16.9 Å². The lowest BCUT2D eigenvalue weighted by atomic mass is 9.94. The van der Waals surface area contributed by atoms with Crippen molar-refractivity contribution in [2.45, 2.75) is 13.1 Å². The maximum Gasteiger partial charge on any atom is 0.431 e. The van der Waals surface area contributed by atoms with Gasteiger partial charge in [-0.05, 0) is 30.2 Å². The van der Waals surface area contributed by atoms with E-state index in [-0.39, 0.29) is 11.3 Å². The predicted molar refractivity (Wildman–Crippen MR) is 85.1 cm³/mol. The molecule has 0 radical (unpaired) electrons. The normalized spacial score (nSPS) is 11.8. The number of alkyl halides is 3. The van der Waals surface area contributed by atoms with Gasteiger partial charge in [-0.25, -0.2) is 0 Å². The van der Waals surface area contributed by atoms with E-state index in [1.54, 1.807) is 6.07 Å². The molecule has 0 unspecified atom stereocenters. The fourth-order valence-corrected chi connectivity index (χ4v) is 2.63. The largest absolute Gasteiger partial charge is 0.507 e. The summed E-state index contributed by atoms with van der Waals surface area (Å²) in [5, 5.41) is 10.6. The Hall–Kier alpha value is -2.69. The molecule has 5 heteroatoms. The summed E-state index contributed by atoms with van der Waals surface area (Å²) in [5.41, 5.74) is 2.26. The number of nitrogens with one attached hydrogen (secondary N) is 1. The summed E-state index contributed by atoms with van der Waals surface area (Å²) in [5.74, 6) is -0.0817. The van der Waals surface area contributed by atoms with E-state index in [2.05, 4.69) is 11.6 Å². The third-order valence-electron chi connectivity index (χ3n) is 3.72. The van der Waals surface area contributed by atoms with Crippen LogP contribution in [0.4, 0.5) is 13.2 Å². The average Bonchev–Trinajstić information content (AvgIpc) is 2.89. The summed E-state index contributed by atoms with van der Waals surface area (Å²) < 4.78 is 38.4. The van der Waals surface area contributed by atoms with Crippen molar-refractivity contribution in [3.63, 3.8) is 0 Å². The molecule has 0 saturated carbocycles. The maximum absolute atomic E-state index is 12.8. The number of H-pyrrole nitrogens is 1. The van der Waals surface area contributed by atoms with E-state index in [0.29, 0.717) is 10.9 Å². The second-order valence-corrected chi connectivity index (χ2v) is 5.46. The van der Waals surface area contributed by atoms with Crippen LogP contribution in [0, 0.1) is 0 Å². The number of aromatic nitrogens is 1. The topological polar surface area (TPSA) is 36.0 Å². The Morgan fingerprint density at radius 1 is 1.09 bits per heavy atom. The van der Waals surface area contributed by atoms with Crippen LogP contribution in [-0.2, 0) is 6.18 Å². The molecule has 0 bridgehead atoms. The lowest BCUT2D eigenvalue weighted by molar-refractivity contribution is -0.140. The molecule has 118 valence electrons. The molecule has 0 spiro atoms. The zero-order valence-corrected chi connectivity index (χ0v) is 12.3. The maximum atomic E-state index is 12.8. The van der Waals surface area contributed by atoms with Crippen LogP contribution in [0.5, 0.6) is 5.75 Å². The molecule has 1 heterocycles. The molecule has 3 rings (SSSR count). The molecule has 2 N–H and O–H groups in total. The van der Waals surface area contributed by atoms with Crippen molar-refractivity contribution in [3.05, 3.63) is 60.3 Å². The molecule has 0 aliphatic rings. The minimum absolute atomic E-state index is 0.0817. The van der Waals surface area contributed by atoms with Crippen LogP contribution < -0.4 is 0 Å². The number of allylic oxidation sites excluding steroid dienone is 1. The number of rotatable bonds is 2. The smallest absolute Gasteiger partial charge is 0.431 e. The Labute approximate surface area is 130 Å². The Balaban J connectivity index is 2.23. The number of benzene rings is 2. The van der Waals surface area contributed by atoms with Gasteiger partial charge in [0.25, 0.3) is 0 Å². The SMILES string of the molecule is C=C(C)c1ccccc1-c1cc2cc(C(F)(F)F)[nH]c2cc1O. The Morgan fingerprint density at radius 3 is 2.43 bits per heavy atom. The van der Waals surface area contributed by atoms with Crippen molar-refractivity contribution in [1.82, 2.24) is 4.98 Å². The highest BCUT2D eigenvalue weighted by molar-refractivity contribution is 5.92. The first-order valence-corrected chi connectivity index (χ1v) is 6.95. The predicted octanol–water partition coefficient (Wildman–Crippen LogP) is 5.59. The highest BCUT2D eigenvalue weighted by Gasteiger charge is 2.32. The number of aromatic amines is 1. The van der Waals surface area contributed by atoms with Gasteiger partial charge in [-0.1, -0.05) is 36.4 Å². The molecule has 1 aromatic heterocycles. The second kappa shape index (κ2) is 5.19. The van der Waals surface area contributed by atoms with Crippen molar-refractivity contribution in [2.75, 3.05) is 0 Å². The molecule has 0 aliphatic carbocycles. The third kappa shape index (κ3) is 2.70. The highest BCUT2D eigenvalue weighted by atomic mass is 19.4. The molecular formula is C18H14F3NO. The molecule has 2 nitrogen and oxygen atoms in total. The van der Waals surface area contributed by atoms with E-state index >= 15 is 0 Å². The number of aromatic hydroxyl groups is 1. The van der Waals surface area contributed by atoms with Gasteiger partial charge in [0.05, 0.1) is 0 Å². The van der Waals surface area contributed by atoms with Crippen molar-refractivity contribution in [2.24, 2.45) is 0 Å². The van der Waals surface area contributed by atoms with E-state index in [9.17, 15) is 18.3 Å². The van der Waals surface area contributed by atoms with Crippen LogP contribution in [0.3, 0.4) is 0 Å². The molecule has 0 amide bonds. The number of phenolic OH excluding ortho intramolecular Hbond substituents is 1. The summed E-state index contributed by atoms with van der Waals surface area (Å²) in [7, 11) is 0. The van der Waals surface area contributed by atoms with Gasteiger partial charge in [0, 0.05) is 22.5 Å². The lowest BCUT2D eigenvalue weighted by Crippen LogP contribution is -2.04. The first-order chi connectivity index (χ1) is 10.8.